The average molecular weight is 295 g/mol. The van der Waals surface area contributed by atoms with Gasteiger partial charge in [0.1, 0.15) is 5.56 Å². The molecule has 3 N–H and O–H groups in total. The van der Waals surface area contributed by atoms with Gasteiger partial charge in [0.2, 0.25) is 0 Å². The lowest BCUT2D eigenvalue weighted by molar-refractivity contribution is -0.137. The van der Waals surface area contributed by atoms with E-state index in [0.29, 0.717) is 16.6 Å². The van der Waals surface area contributed by atoms with E-state index < -0.39 is 17.7 Å². The number of hydrogen-bond acceptors (Lipinski definition) is 2. The largest absolute Gasteiger partial charge is 0.478 e. The first-order chi connectivity index (χ1) is 9.86. The number of aromatic amines is 2. The van der Waals surface area contributed by atoms with Gasteiger partial charge < -0.3 is 10.1 Å². The summed E-state index contributed by atoms with van der Waals surface area (Å²) in [5.41, 5.74) is 0.233. The Balaban J connectivity index is 2.13. The van der Waals surface area contributed by atoms with Gasteiger partial charge in [-0.25, -0.2) is 4.79 Å². The molecule has 2 heterocycles. The van der Waals surface area contributed by atoms with Crippen LogP contribution in [-0.2, 0) is 6.18 Å². The van der Waals surface area contributed by atoms with E-state index in [1.807, 2.05) is 0 Å². The van der Waals surface area contributed by atoms with Crippen molar-refractivity contribution < 1.29 is 23.1 Å². The van der Waals surface area contributed by atoms with Crippen molar-refractivity contribution in [3.63, 3.8) is 0 Å². The molecule has 3 aromatic rings. The molecular weight excluding hydrogens is 287 g/mol. The molecule has 0 aliphatic heterocycles. The van der Waals surface area contributed by atoms with Gasteiger partial charge in [-0.15, -0.1) is 0 Å². The predicted octanol–water partition coefficient (Wildman–Crippen LogP) is 3.28. The second-order valence-corrected chi connectivity index (χ2v) is 4.45. The Bertz CT molecular complexity index is 833. The van der Waals surface area contributed by atoms with Gasteiger partial charge in [-0.1, -0.05) is 0 Å². The summed E-state index contributed by atoms with van der Waals surface area (Å²) in [7, 11) is 0. The number of alkyl halides is 3. The standard InChI is InChI=1S/C13H8F3N3O2/c14-13(15,16)7-1-2-9-6(3-7)4-10(18-9)11-8(12(20)21)5-17-19-11/h1-5,18H,(H,17,19)(H,20,21). The van der Waals surface area contributed by atoms with Gasteiger partial charge in [0, 0.05) is 10.9 Å². The molecule has 0 radical (unpaired) electrons. The minimum absolute atomic E-state index is 0.0578. The van der Waals surface area contributed by atoms with Crippen LogP contribution in [0, 0.1) is 0 Å². The molecule has 0 saturated carbocycles. The van der Waals surface area contributed by atoms with E-state index in [9.17, 15) is 18.0 Å². The Hall–Kier alpha value is -2.77. The lowest BCUT2D eigenvalue weighted by Crippen LogP contribution is -2.03. The zero-order chi connectivity index (χ0) is 15.2. The van der Waals surface area contributed by atoms with E-state index in [1.54, 1.807) is 0 Å². The Morgan fingerprint density at radius 2 is 2.00 bits per heavy atom. The highest BCUT2D eigenvalue weighted by Gasteiger charge is 2.30. The van der Waals surface area contributed by atoms with E-state index in [-0.39, 0.29) is 11.3 Å². The summed E-state index contributed by atoms with van der Waals surface area (Å²) < 4.78 is 38.0. The van der Waals surface area contributed by atoms with Crippen LogP contribution in [0.1, 0.15) is 15.9 Å². The second-order valence-electron chi connectivity index (χ2n) is 4.45. The Morgan fingerprint density at radius 3 is 2.67 bits per heavy atom. The lowest BCUT2D eigenvalue weighted by atomic mass is 10.1. The summed E-state index contributed by atoms with van der Waals surface area (Å²) in [5, 5.41) is 15.5. The van der Waals surface area contributed by atoms with Crippen molar-refractivity contribution in [2.75, 3.05) is 0 Å². The highest BCUT2D eigenvalue weighted by atomic mass is 19.4. The fraction of sp³-hybridized carbons (Fsp3) is 0.0769. The maximum atomic E-state index is 12.7. The van der Waals surface area contributed by atoms with E-state index in [4.69, 9.17) is 5.11 Å². The molecule has 0 aliphatic rings. The molecular formula is C13H8F3N3O2. The van der Waals surface area contributed by atoms with Gasteiger partial charge >= 0.3 is 12.1 Å². The van der Waals surface area contributed by atoms with E-state index >= 15 is 0 Å². The number of benzene rings is 1. The molecule has 0 aliphatic carbocycles. The first-order valence-corrected chi connectivity index (χ1v) is 5.83. The second kappa shape index (κ2) is 4.37. The maximum absolute atomic E-state index is 12.7. The Kier molecular flexibility index (Phi) is 2.75. The summed E-state index contributed by atoms with van der Waals surface area (Å²) in [5.74, 6) is -1.17. The molecule has 0 unspecified atom stereocenters. The normalized spacial score (nSPS) is 12.0. The number of H-pyrrole nitrogens is 2. The number of nitrogens with zero attached hydrogens (tertiary/aromatic N) is 1. The zero-order valence-electron chi connectivity index (χ0n) is 10.3. The number of aromatic carboxylic acids is 1. The number of aromatic nitrogens is 3. The molecule has 2 aromatic heterocycles. The van der Waals surface area contributed by atoms with E-state index in [0.717, 1.165) is 18.3 Å². The van der Waals surface area contributed by atoms with Crippen molar-refractivity contribution in [1.82, 2.24) is 15.2 Å². The summed E-state index contributed by atoms with van der Waals surface area (Å²) in [6.45, 7) is 0. The SMILES string of the molecule is O=C(O)c1cn[nH]c1-c1cc2cc(C(F)(F)F)ccc2[nH]1. The quantitative estimate of drug-likeness (QED) is 0.678. The van der Waals surface area contributed by atoms with Crippen LogP contribution in [0.3, 0.4) is 0 Å². The van der Waals surface area contributed by atoms with Crippen molar-refractivity contribution in [3.05, 3.63) is 41.6 Å². The molecule has 5 nitrogen and oxygen atoms in total. The van der Waals surface area contributed by atoms with Gasteiger partial charge in [-0.2, -0.15) is 18.3 Å². The van der Waals surface area contributed by atoms with Gasteiger partial charge in [0.15, 0.2) is 0 Å². The van der Waals surface area contributed by atoms with Crippen molar-refractivity contribution in [2.45, 2.75) is 6.18 Å². The molecule has 0 amide bonds. The van der Waals surface area contributed by atoms with Crippen molar-refractivity contribution in [1.29, 1.82) is 0 Å². The van der Waals surface area contributed by atoms with Crippen LogP contribution in [0.2, 0.25) is 0 Å². The van der Waals surface area contributed by atoms with Crippen LogP contribution in [0.5, 0.6) is 0 Å². The molecule has 1 aromatic carbocycles. The van der Waals surface area contributed by atoms with Crippen LogP contribution < -0.4 is 0 Å². The molecule has 108 valence electrons. The molecule has 0 atom stereocenters. The lowest BCUT2D eigenvalue weighted by Gasteiger charge is -2.05. The zero-order valence-corrected chi connectivity index (χ0v) is 10.3. The highest BCUT2D eigenvalue weighted by molar-refractivity contribution is 5.96. The molecule has 0 bridgehead atoms. The number of hydrogen-bond donors (Lipinski definition) is 3. The summed E-state index contributed by atoms with van der Waals surface area (Å²) in [6, 6.07) is 4.73. The molecule has 3 rings (SSSR count). The highest BCUT2D eigenvalue weighted by Crippen LogP contribution is 2.33. The summed E-state index contributed by atoms with van der Waals surface area (Å²) in [6.07, 6.45) is -3.28. The monoisotopic (exact) mass is 295 g/mol. The third-order valence-corrected chi connectivity index (χ3v) is 3.09. The molecule has 0 fully saturated rings. The number of fused-ring (bicyclic) bond motifs is 1. The van der Waals surface area contributed by atoms with E-state index in [1.165, 1.54) is 12.1 Å². The third-order valence-electron chi connectivity index (χ3n) is 3.09. The molecule has 0 saturated heterocycles. The molecule has 8 heteroatoms. The fourth-order valence-corrected chi connectivity index (χ4v) is 2.10. The van der Waals surface area contributed by atoms with Gasteiger partial charge in [0.25, 0.3) is 0 Å². The number of rotatable bonds is 2. The smallest absolute Gasteiger partial charge is 0.416 e. The topological polar surface area (TPSA) is 81.8 Å². The van der Waals surface area contributed by atoms with Gasteiger partial charge in [0.05, 0.1) is 23.1 Å². The third kappa shape index (κ3) is 2.24. The van der Waals surface area contributed by atoms with Gasteiger partial charge in [-0.05, 0) is 24.3 Å². The fourth-order valence-electron chi connectivity index (χ4n) is 2.10. The number of carboxylic acids is 1. The maximum Gasteiger partial charge on any atom is 0.416 e. The Labute approximate surface area is 115 Å². The van der Waals surface area contributed by atoms with Crippen LogP contribution in [0.25, 0.3) is 22.3 Å². The number of nitrogens with one attached hydrogen (secondary N) is 2. The number of halogens is 3. The minimum atomic E-state index is -4.42. The molecule has 21 heavy (non-hydrogen) atoms. The van der Waals surface area contributed by atoms with Crippen molar-refractivity contribution >= 4 is 16.9 Å². The van der Waals surface area contributed by atoms with E-state index in [2.05, 4.69) is 15.2 Å². The minimum Gasteiger partial charge on any atom is -0.478 e. The first-order valence-electron chi connectivity index (χ1n) is 5.83. The summed E-state index contributed by atoms with van der Waals surface area (Å²) >= 11 is 0. The van der Waals surface area contributed by atoms with Crippen LogP contribution in [0.4, 0.5) is 13.2 Å². The molecule has 0 spiro atoms. The average Bonchev–Trinajstić information content (AvgIpc) is 3.02. The van der Waals surface area contributed by atoms with Crippen molar-refractivity contribution in [2.24, 2.45) is 0 Å². The summed E-state index contributed by atoms with van der Waals surface area (Å²) in [4.78, 5) is 13.9. The number of carboxylic acid groups (broad SMARTS) is 1. The van der Waals surface area contributed by atoms with Crippen LogP contribution in [0.15, 0.2) is 30.5 Å². The Morgan fingerprint density at radius 1 is 1.24 bits per heavy atom. The predicted molar refractivity (Wildman–Crippen MR) is 67.8 cm³/mol. The van der Waals surface area contributed by atoms with Gasteiger partial charge in [-0.3, -0.25) is 5.10 Å². The number of carbonyl (C=O) groups is 1. The van der Waals surface area contributed by atoms with Crippen molar-refractivity contribution in [3.8, 4) is 11.4 Å². The van der Waals surface area contributed by atoms with Crippen LogP contribution >= 0.6 is 0 Å². The first kappa shape index (κ1) is 13.2. The van der Waals surface area contributed by atoms with Crippen LogP contribution in [-0.4, -0.2) is 26.3 Å².